The molecule has 194 valence electrons. The van der Waals surface area contributed by atoms with E-state index in [-0.39, 0.29) is 36.0 Å². The summed E-state index contributed by atoms with van der Waals surface area (Å²) >= 11 is 1.47. The summed E-state index contributed by atoms with van der Waals surface area (Å²) in [7, 11) is 0. The second-order valence-corrected chi connectivity index (χ2v) is 10.8. The fourth-order valence-corrected chi connectivity index (χ4v) is 5.53. The Balaban J connectivity index is 1.59. The maximum Gasteiger partial charge on any atom is 0.243 e. The Kier molecular flexibility index (Phi) is 9.78. The van der Waals surface area contributed by atoms with E-state index in [9.17, 15) is 14.0 Å². The van der Waals surface area contributed by atoms with Crippen LogP contribution in [0.1, 0.15) is 48.8 Å². The van der Waals surface area contributed by atoms with Gasteiger partial charge in [0.1, 0.15) is 11.9 Å². The Hall–Kier alpha value is -3.12. The molecule has 0 bridgehead atoms. The molecule has 1 aliphatic rings. The standard InChI is InChI=1S/C31H35FN2O2S/c1-23-12-18-28(19-13-23)37-22-30(35)34(21-25-14-16-26(32)17-15-25)29(20-24-8-4-2-5-9-24)31(36)33-27-10-6-3-7-11-27/h2,4-5,8-9,12-19,27,29H,3,6-7,10-11,20-22H2,1H3,(H,33,36)/t29-/m1/s1. The highest BCUT2D eigenvalue weighted by molar-refractivity contribution is 8.00. The van der Waals surface area contributed by atoms with E-state index in [1.807, 2.05) is 61.5 Å². The lowest BCUT2D eigenvalue weighted by atomic mass is 9.94. The first-order valence-corrected chi connectivity index (χ1v) is 14.0. The Morgan fingerprint density at radius 1 is 0.919 bits per heavy atom. The van der Waals surface area contributed by atoms with Crippen LogP contribution in [0.2, 0.25) is 0 Å². The first-order valence-electron chi connectivity index (χ1n) is 13.1. The molecular formula is C31H35FN2O2S. The van der Waals surface area contributed by atoms with E-state index in [2.05, 4.69) is 5.32 Å². The zero-order chi connectivity index (χ0) is 26.0. The fourth-order valence-electron chi connectivity index (χ4n) is 4.75. The topological polar surface area (TPSA) is 49.4 Å². The number of carbonyl (C=O) groups is 2. The van der Waals surface area contributed by atoms with Crippen molar-refractivity contribution in [3.63, 3.8) is 0 Å². The van der Waals surface area contributed by atoms with Crippen molar-refractivity contribution >= 4 is 23.6 Å². The van der Waals surface area contributed by atoms with Crippen LogP contribution < -0.4 is 5.32 Å². The predicted molar refractivity (Wildman–Crippen MR) is 148 cm³/mol. The lowest BCUT2D eigenvalue weighted by molar-refractivity contribution is -0.139. The molecular weight excluding hydrogens is 483 g/mol. The van der Waals surface area contributed by atoms with Crippen LogP contribution in [0.15, 0.2) is 83.8 Å². The van der Waals surface area contributed by atoms with E-state index in [1.54, 1.807) is 17.0 Å². The third-order valence-corrected chi connectivity index (χ3v) is 7.87. The van der Waals surface area contributed by atoms with Crippen LogP contribution in [-0.2, 0) is 22.6 Å². The molecule has 0 heterocycles. The Morgan fingerprint density at radius 2 is 1.59 bits per heavy atom. The van der Waals surface area contributed by atoms with Crippen LogP contribution in [0.25, 0.3) is 0 Å². The van der Waals surface area contributed by atoms with Crippen LogP contribution >= 0.6 is 11.8 Å². The minimum Gasteiger partial charge on any atom is -0.352 e. The molecule has 6 heteroatoms. The average molecular weight is 519 g/mol. The molecule has 0 saturated heterocycles. The largest absolute Gasteiger partial charge is 0.352 e. The molecule has 0 radical (unpaired) electrons. The number of amides is 2. The third kappa shape index (κ3) is 8.19. The minimum atomic E-state index is -0.666. The van der Waals surface area contributed by atoms with E-state index in [1.165, 1.54) is 30.3 Å². The molecule has 0 unspecified atom stereocenters. The Morgan fingerprint density at radius 3 is 2.27 bits per heavy atom. The van der Waals surface area contributed by atoms with Crippen LogP contribution in [-0.4, -0.2) is 34.6 Å². The molecule has 37 heavy (non-hydrogen) atoms. The van der Waals surface area contributed by atoms with Crippen molar-refractivity contribution in [3.8, 4) is 0 Å². The van der Waals surface area contributed by atoms with Gasteiger partial charge < -0.3 is 10.2 Å². The SMILES string of the molecule is Cc1ccc(SCC(=O)N(Cc2ccc(F)cc2)[C@H](Cc2ccccc2)C(=O)NC2CCCCC2)cc1. The van der Waals surface area contributed by atoms with Gasteiger partial charge >= 0.3 is 0 Å². The van der Waals surface area contributed by atoms with Crippen molar-refractivity contribution in [1.29, 1.82) is 0 Å². The smallest absolute Gasteiger partial charge is 0.243 e. The Bertz CT molecular complexity index is 1150. The van der Waals surface area contributed by atoms with Crippen molar-refractivity contribution in [3.05, 3.63) is 101 Å². The van der Waals surface area contributed by atoms with E-state index in [4.69, 9.17) is 0 Å². The molecule has 3 aromatic rings. The first-order chi connectivity index (χ1) is 18.0. The molecule has 4 rings (SSSR count). The van der Waals surface area contributed by atoms with Crippen LogP contribution in [0, 0.1) is 12.7 Å². The van der Waals surface area contributed by atoms with Gasteiger partial charge in [-0.25, -0.2) is 4.39 Å². The second kappa shape index (κ2) is 13.4. The lowest BCUT2D eigenvalue weighted by Gasteiger charge is -2.33. The number of carbonyl (C=O) groups excluding carboxylic acids is 2. The van der Waals surface area contributed by atoms with Gasteiger partial charge in [-0.15, -0.1) is 11.8 Å². The molecule has 0 aliphatic heterocycles. The number of aryl methyl sites for hydroxylation is 1. The zero-order valence-electron chi connectivity index (χ0n) is 21.4. The average Bonchev–Trinajstić information content (AvgIpc) is 2.92. The quantitative estimate of drug-likeness (QED) is 0.320. The summed E-state index contributed by atoms with van der Waals surface area (Å²) in [6.45, 7) is 2.27. The first kappa shape index (κ1) is 26.9. The molecule has 3 aromatic carbocycles. The summed E-state index contributed by atoms with van der Waals surface area (Å²) in [6.07, 6.45) is 5.78. The molecule has 0 spiro atoms. The summed E-state index contributed by atoms with van der Waals surface area (Å²) in [5.74, 6) is -0.347. The molecule has 0 aromatic heterocycles. The third-order valence-electron chi connectivity index (χ3n) is 6.87. The number of halogens is 1. The molecule has 1 saturated carbocycles. The Labute approximate surface area is 223 Å². The number of nitrogens with one attached hydrogen (secondary N) is 1. The predicted octanol–water partition coefficient (Wildman–Crippen LogP) is 6.32. The maximum atomic E-state index is 13.7. The molecule has 4 nitrogen and oxygen atoms in total. The van der Waals surface area contributed by atoms with Crippen molar-refractivity contribution in [1.82, 2.24) is 10.2 Å². The van der Waals surface area contributed by atoms with Gasteiger partial charge in [0.2, 0.25) is 11.8 Å². The van der Waals surface area contributed by atoms with Gasteiger partial charge in [0.15, 0.2) is 0 Å². The van der Waals surface area contributed by atoms with Crippen molar-refractivity contribution in [2.24, 2.45) is 0 Å². The lowest BCUT2D eigenvalue weighted by Crippen LogP contribution is -2.53. The second-order valence-electron chi connectivity index (χ2n) is 9.80. The van der Waals surface area contributed by atoms with Gasteiger partial charge in [-0.3, -0.25) is 9.59 Å². The summed E-state index contributed by atoms with van der Waals surface area (Å²) in [5, 5.41) is 3.25. The molecule has 1 N–H and O–H groups in total. The van der Waals surface area contributed by atoms with Gasteiger partial charge in [-0.1, -0.05) is 79.4 Å². The number of nitrogens with zero attached hydrogens (tertiary/aromatic N) is 1. The molecule has 1 fully saturated rings. The van der Waals surface area contributed by atoms with Gasteiger partial charge in [0.05, 0.1) is 5.75 Å². The highest BCUT2D eigenvalue weighted by Crippen LogP contribution is 2.23. The normalized spacial score (nSPS) is 14.6. The monoisotopic (exact) mass is 518 g/mol. The van der Waals surface area contributed by atoms with E-state index in [0.717, 1.165) is 47.3 Å². The van der Waals surface area contributed by atoms with Crippen molar-refractivity contribution < 1.29 is 14.0 Å². The van der Waals surface area contributed by atoms with Gasteiger partial charge in [0.25, 0.3) is 0 Å². The summed E-state index contributed by atoms with van der Waals surface area (Å²) < 4.78 is 13.6. The summed E-state index contributed by atoms with van der Waals surface area (Å²) in [6, 6.07) is 23.5. The van der Waals surface area contributed by atoms with Crippen molar-refractivity contribution in [2.75, 3.05) is 5.75 Å². The number of hydrogen-bond acceptors (Lipinski definition) is 3. The van der Waals surface area contributed by atoms with Gasteiger partial charge in [-0.05, 0) is 55.2 Å². The summed E-state index contributed by atoms with van der Waals surface area (Å²) in [4.78, 5) is 30.2. The maximum absolute atomic E-state index is 13.7. The summed E-state index contributed by atoms with van der Waals surface area (Å²) in [5.41, 5.74) is 2.95. The molecule has 1 atom stereocenters. The van der Waals surface area contributed by atoms with Crippen molar-refractivity contribution in [2.45, 2.75) is 69.0 Å². The fraction of sp³-hybridized carbons (Fsp3) is 0.355. The number of benzene rings is 3. The number of thioether (sulfide) groups is 1. The zero-order valence-corrected chi connectivity index (χ0v) is 22.2. The van der Waals surface area contributed by atoms with Gasteiger partial charge in [0, 0.05) is 23.9 Å². The molecule has 2 amide bonds. The van der Waals surface area contributed by atoms with Crippen LogP contribution in [0.4, 0.5) is 4.39 Å². The number of rotatable bonds is 10. The molecule has 1 aliphatic carbocycles. The number of hydrogen-bond donors (Lipinski definition) is 1. The van der Waals surface area contributed by atoms with E-state index in [0.29, 0.717) is 6.42 Å². The minimum absolute atomic E-state index is 0.116. The highest BCUT2D eigenvalue weighted by Gasteiger charge is 2.31. The van der Waals surface area contributed by atoms with Crippen LogP contribution in [0.5, 0.6) is 0 Å². The van der Waals surface area contributed by atoms with E-state index >= 15 is 0 Å². The van der Waals surface area contributed by atoms with E-state index < -0.39 is 6.04 Å². The highest BCUT2D eigenvalue weighted by atomic mass is 32.2. The van der Waals surface area contributed by atoms with Crippen LogP contribution in [0.3, 0.4) is 0 Å². The van der Waals surface area contributed by atoms with Gasteiger partial charge in [-0.2, -0.15) is 0 Å².